The van der Waals surface area contributed by atoms with E-state index in [0.717, 1.165) is 48.1 Å². The maximum Gasteiger partial charge on any atom is 0.240 e. The van der Waals surface area contributed by atoms with Gasteiger partial charge in [0.05, 0.1) is 6.10 Å². The molecule has 4 fully saturated rings. The zero-order chi connectivity index (χ0) is 20.9. The number of carbonyl (C=O) groups excluding carboxylic acids is 1. The lowest BCUT2D eigenvalue weighted by Crippen LogP contribution is -2.64. The van der Waals surface area contributed by atoms with Gasteiger partial charge < -0.3 is 10.0 Å². The molecule has 1 unspecified atom stereocenters. The third-order valence-corrected chi connectivity index (χ3v) is 8.26. The predicted octanol–water partition coefficient (Wildman–Crippen LogP) is 3.57. The summed E-state index contributed by atoms with van der Waals surface area (Å²) in [5, 5.41) is 11.2. The van der Waals surface area contributed by atoms with E-state index in [-0.39, 0.29) is 11.4 Å². The molecular weight excluding hydrogens is 374 g/mol. The number of aromatic nitrogens is 2. The summed E-state index contributed by atoms with van der Waals surface area (Å²) >= 11 is 0. The summed E-state index contributed by atoms with van der Waals surface area (Å²) in [6.45, 7) is 1.73. The van der Waals surface area contributed by atoms with Gasteiger partial charge in [0.1, 0.15) is 5.41 Å². The molecule has 0 saturated heterocycles. The standard InChI is InChI=1S/C25H31N3O2/c1-17(29)25(21-3-7-26-8-4-21,22-5-9-27-10-6-22)23(30)28(2)24-14-18-11-19(15-24)13-20(12-18)16-24/h3-10,17-20,29H,11-16H2,1-2H3. The Morgan fingerprint density at radius 1 is 0.967 bits per heavy atom. The van der Waals surface area contributed by atoms with Gasteiger partial charge in [0.15, 0.2) is 0 Å². The molecule has 2 aromatic rings. The first-order valence-corrected chi connectivity index (χ1v) is 11.2. The lowest BCUT2D eigenvalue weighted by molar-refractivity contribution is -0.155. The Hall–Kier alpha value is -2.27. The fraction of sp³-hybridized carbons (Fsp3) is 0.560. The highest BCUT2D eigenvalue weighted by atomic mass is 16.3. The highest BCUT2D eigenvalue weighted by molar-refractivity contribution is 5.93. The van der Waals surface area contributed by atoms with E-state index >= 15 is 0 Å². The van der Waals surface area contributed by atoms with Crippen LogP contribution >= 0.6 is 0 Å². The van der Waals surface area contributed by atoms with E-state index < -0.39 is 11.5 Å². The van der Waals surface area contributed by atoms with Crippen LogP contribution in [0.4, 0.5) is 0 Å². The molecular formula is C25H31N3O2. The van der Waals surface area contributed by atoms with Crippen molar-refractivity contribution in [3.05, 3.63) is 60.2 Å². The molecule has 5 heteroatoms. The molecule has 4 bridgehead atoms. The van der Waals surface area contributed by atoms with Crippen molar-refractivity contribution in [1.29, 1.82) is 0 Å². The molecule has 1 N–H and O–H groups in total. The van der Waals surface area contributed by atoms with Crippen molar-refractivity contribution in [2.24, 2.45) is 17.8 Å². The van der Waals surface area contributed by atoms with Crippen molar-refractivity contribution in [2.45, 2.75) is 62.5 Å². The summed E-state index contributed by atoms with van der Waals surface area (Å²) in [5.74, 6) is 2.22. The number of hydrogen-bond acceptors (Lipinski definition) is 4. The summed E-state index contributed by atoms with van der Waals surface area (Å²) in [6, 6.07) is 7.44. The zero-order valence-corrected chi connectivity index (χ0v) is 17.9. The molecule has 2 heterocycles. The number of rotatable bonds is 5. The molecule has 30 heavy (non-hydrogen) atoms. The lowest BCUT2D eigenvalue weighted by Gasteiger charge is -2.60. The van der Waals surface area contributed by atoms with Crippen LogP contribution in [0.5, 0.6) is 0 Å². The summed E-state index contributed by atoms with van der Waals surface area (Å²) in [5.41, 5.74) is 0.302. The second kappa shape index (κ2) is 7.16. The Labute approximate surface area is 178 Å². The molecule has 6 rings (SSSR count). The Bertz CT molecular complexity index is 838. The van der Waals surface area contributed by atoms with E-state index in [2.05, 4.69) is 9.97 Å². The van der Waals surface area contributed by atoms with Crippen LogP contribution in [-0.2, 0) is 10.2 Å². The second-order valence-corrected chi connectivity index (χ2v) is 9.96. The number of amides is 1. The van der Waals surface area contributed by atoms with Crippen LogP contribution in [0.2, 0.25) is 0 Å². The van der Waals surface area contributed by atoms with Crippen LogP contribution in [0.25, 0.3) is 0 Å². The van der Waals surface area contributed by atoms with Gasteiger partial charge in [-0.15, -0.1) is 0 Å². The predicted molar refractivity (Wildman–Crippen MR) is 115 cm³/mol. The molecule has 5 nitrogen and oxygen atoms in total. The molecule has 158 valence electrons. The summed E-state index contributed by atoms with van der Waals surface area (Å²) in [6.07, 6.45) is 13.2. The molecule has 2 aromatic heterocycles. The smallest absolute Gasteiger partial charge is 0.240 e. The number of likely N-dealkylation sites (N-methyl/N-ethyl adjacent to an activating group) is 1. The van der Waals surface area contributed by atoms with Gasteiger partial charge in [-0.3, -0.25) is 14.8 Å². The zero-order valence-electron chi connectivity index (χ0n) is 17.9. The van der Waals surface area contributed by atoms with Crippen LogP contribution in [0, 0.1) is 17.8 Å². The molecule has 0 radical (unpaired) electrons. The first-order chi connectivity index (χ1) is 14.5. The van der Waals surface area contributed by atoms with Crippen molar-refractivity contribution >= 4 is 5.91 Å². The Morgan fingerprint density at radius 2 is 1.37 bits per heavy atom. The minimum Gasteiger partial charge on any atom is -0.392 e. The van der Waals surface area contributed by atoms with Crippen LogP contribution in [0.3, 0.4) is 0 Å². The van der Waals surface area contributed by atoms with Gasteiger partial charge in [-0.1, -0.05) is 0 Å². The van der Waals surface area contributed by atoms with Gasteiger partial charge in [0, 0.05) is 37.4 Å². The van der Waals surface area contributed by atoms with Gasteiger partial charge in [0.2, 0.25) is 5.91 Å². The number of aliphatic hydroxyl groups excluding tert-OH is 1. The van der Waals surface area contributed by atoms with E-state index in [9.17, 15) is 9.90 Å². The highest BCUT2D eigenvalue weighted by Gasteiger charge is 2.57. The van der Waals surface area contributed by atoms with Gasteiger partial charge in [0.25, 0.3) is 0 Å². The minimum atomic E-state index is -1.18. The molecule has 4 saturated carbocycles. The second-order valence-electron chi connectivity index (χ2n) is 9.96. The maximum absolute atomic E-state index is 14.4. The number of aliphatic hydroxyl groups is 1. The number of pyridine rings is 2. The summed E-state index contributed by atoms with van der Waals surface area (Å²) in [4.78, 5) is 24.8. The van der Waals surface area contributed by atoms with E-state index in [1.54, 1.807) is 31.7 Å². The first-order valence-electron chi connectivity index (χ1n) is 11.2. The monoisotopic (exact) mass is 405 g/mol. The number of carbonyl (C=O) groups is 1. The number of hydrogen-bond donors (Lipinski definition) is 1. The van der Waals surface area contributed by atoms with Crippen LogP contribution < -0.4 is 0 Å². The molecule has 1 atom stereocenters. The summed E-state index contributed by atoms with van der Waals surface area (Å²) < 4.78 is 0. The Morgan fingerprint density at radius 3 is 1.73 bits per heavy atom. The lowest BCUT2D eigenvalue weighted by atomic mass is 9.52. The fourth-order valence-corrected chi connectivity index (χ4v) is 7.26. The Balaban J connectivity index is 1.62. The van der Waals surface area contributed by atoms with Crippen LogP contribution in [0.15, 0.2) is 49.1 Å². The van der Waals surface area contributed by atoms with E-state index in [1.165, 1.54) is 19.3 Å². The molecule has 4 aliphatic rings. The maximum atomic E-state index is 14.4. The third kappa shape index (κ3) is 2.82. The number of nitrogens with zero attached hydrogens (tertiary/aromatic N) is 3. The topological polar surface area (TPSA) is 66.3 Å². The molecule has 0 spiro atoms. The van der Waals surface area contributed by atoms with E-state index in [4.69, 9.17) is 0 Å². The molecule has 1 amide bonds. The minimum absolute atomic E-state index is 0.0168. The SMILES string of the molecule is CC(O)C(C(=O)N(C)C12CC3CC(CC(C3)C1)C2)(c1ccncc1)c1ccncc1. The Kier molecular flexibility index (Phi) is 4.69. The largest absolute Gasteiger partial charge is 0.392 e. The van der Waals surface area contributed by atoms with Crippen molar-refractivity contribution < 1.29 is 9.90 Å². The average molecular weight is 406 g/mol. The van der Waals surface area contributed by atoms with Gasteiger partial charge in [-0.25, -0.2) is 0 Å². The molecule has 4 aliphatic carbocycles. The molecule has 0 aliphatic heterocycles. The average Bonchev–Trinajstić information content (AvgIpc) is 2.74. The quantitative estimate of drug-likeness (QED) is 0.826. The van der Waals surface area contributed by atoms with Gasteiger partial charge in [-0.05, 0) is 98.6 Å². The highest BCUT2D eigenvalue weighted by Crippen LogP contribution is 2.58. The summed E-state index contributed by atoms with van der Waals surface area (Å²) in [7, 11) is 1.98. The normalized spacial score (nSPS) is 30.8. The van der Waals surface area contributed by atoms with Crippen LogP contribution in [0.1, 0.15) is 56.6 Å². The van der Waals surface area contributed by atoms with Crippen LogP contribution in [-0.4, -0.2) is 44.6 Å². The van der Waals surface area contributed by atoms with E-state index in [0.29, 0.717) is 0 Å². The van der Waals surface area contributed by atoms with Crippen molar-refractivity contribution in [3.63, 3.8) is 0 Å². The first kappa shape index (κ1) is 19.7. The fourth-order valence-electron chi connectivity index (χ4n) is 7.26. The van der Waals surface area contributed by atoms with Gasteiger partial charge >= 0.3 is 0 Å². The van der Waals surface area contributed by atoms with Gasteiger partial charge in [-0.2, -0.15) is 0 Å². The van der Waals surface area contributed by atoms with Crippen molar-refractivity contribution in [1.82, 2.24) is 14.9 Å². The van der Waals surface area contributed by atoms with E-state index in [1.807, 2.05) is 36.2 Å². The van der Waals surface area contributed by atoms with Crippen molar-refractivity contribution in [2.75, 3.05) is 7.05 Å². The third-order valence-electron chi connectivity index (χ3n) is 8.26. The molecule has 0 aromatic carbocycles. The van der Waals surface area contributed by atoms with Crippen molar-refractivity contribution in [3.8, 4) is 0 Å².